The molecule has 11 heavy (non-hydrogen) atoms. The van der Waals surface area contributed by atoms with Crippen LogP contribution < -0.4 is 0 Å². The summed E-state index contributed by atoms with van der Waals surface area (Å²) in [5, 5.41) is 9.82. The molecule has 0 saturated carbocycles. The Bertz CT molecular complexity index is 132. The van der Waals surface area contributed by atoms with Crippen LogP contribution in [0.3, 0.4) is 0 Å². The standard InChI is InChI=1S/C6H15NO3Si/c1-11(2,3)5-4-10-6-7(8)9/h4-6H2,1-3H3. The van der Waals surface area contributed by atoms with Crippen molar-refractivity contribution in [3.8, 4) is 0 Å². The summed E-state index contributed by atoms with van der Waals surface area (Å²) in [5.74, 6) is 0. The normalized spacial score (nSPS) is 11.5. The van der Waals surface area contributed by atoms with Gasteiger partial charge in [0.15, 0.2) is 0 Å². The second kappa shape index (κ2) is 4.45. The first kappa shape index (κ1) is 10.6. The van der Waals surface area contributed by atoms with Gasteiger partial charge in [-0.3, -0.25) is 10.1 Å². The largest absolute Gasteiger partial charge is 0.320 e. The highest BCUT2D eigenvalue weighted by molar-refractivity contribution is 6.76. The zero-order chi connectivity index (χ0) is 8.91. The number of hydrogen-bond donors (Lipinski definition) is 0. The van der Waals surface area contributed by atoms with Gasteiger partial charge in [-0.05, 0) is 6.04 Å². The topological polar surface area (TPSA) is 52.4 Å². The van der Waals surface area contributed by atoms with Crippen molar-refractivity contribution in [1.82, 2.24) is 0 Å². The highest BCUT2D eigenvalue weighted by Gasteiger charge is 2.12. The molecule has 0 aliphatic rings. The van der Waals surface area contributed by atoms with Crippen LogP contribution in [0.15, 0.2) is 0 Å². The summed E-state index contributed by atoms with van der Waals surface area (Å²) in [5.41, 5.74) is 0. The molecule has 0 aliphatic carbocycles. The first-order valence-electron chi connectivity index (χ1n) is 3.61. The molecule has 0 unspecified atom stereocenters. The van der Waals surface area contributed by atoms with Gasteiger partial charge >= 0.3 is 6.73 Å². The maximum absolute atomic E-state index is 9.82. The van der Waals surface area contributed by atoms with E-state index in [9.17, 15) is 10.1 Å². The molecule has 0 amide bonds. The van der Waals surface area contributed by atoms with Crippen molar-refractivity contribution < 1.29 is 9.66 Å². The average Bonchev–Trinajstić information content (AvgIpc) is 1.78. The quantitative estimate of drug-likeness (QED) is 0.210. The van der Waals surface area contributed by atoms with Gasteiger partial charge in [0.05, 0.1) is 6.61 Å². The SMILES string of the molecule is C[Si](C)(C)CCOC[N+](=O)[O-]. The molecular weight excluding hydrogens is 162 g/mol. The van der Waals surface area contributed by atoms with Crippen LogP contribution in [0.5, 0.6) is 0 Å². The summed E-state index contributed by atoms with van der Waals surface area (Å²) in [6, 6.07) is 0.987. The monoisotopic (exact) mass is 177 g/mol. The van der Waals surface area contributed by atoms with Crippen LogP contribution >= 0.6 is 0 Å². The molecule has 0 radical (unpaired) electrons. The lowest BCUT2D eigenvalue weighted by atomic mass is 10.8. The molecule has 4 nitrogen and oxygen atoms in total. The van der Waals surface area contributed by atoms with Crippen molar-refractivity contribution in [2.45, 2.75) is 25.7 Å². The summed E-state index contributed by atoms with van der Waals surface area (Å²) in [6.45, 7) is 6.80. The molecule has 0 fully saturated rings. The predicted molar refractivity (Wildman–Crippen MR) is 46.0 cm³/mol. The van der Waals surface area contributed by atoms with Gasteiger partial charge in [-0.2, -0.15) is 0 Å². The molecule has 0 N–H and O–H groups in total. The third kappa shape index (κ3) is 9.58. The number of ether oxygens (including phenoxy) is 1. The minimum absolute atomic E-state index is 0.357. The fraction of sp³-hybridized carbons (Fsp3) is 1.00. The summed E-state index contributed by atoms with van der Waals surface area (Å²) in [4.78, 5) is 9.36. The average molecular weight is 177 g/mol. The third-order valence-corrected chi connectivity index (χ3v) is 2.90. The maximum Gasteiger partial charge on any atom is 0.306 e. The van der Waals surface area contributed by atoms with E-state index in [1.54, 1.807) is 0 Å². The first-order chi connectivity index (χ1) is 4.92. The van der Waals surface area contributed by atoms with Crippen LogP contribution in [0.25, 0.3) is 0 Å². The van der Waals surface area contributed by atoms with Gasteiger partial charge in [0.2, 0.25) is 0 Å². The molecule has 0 rings (SSSR count). The van der Waals surface area contributed by atoms with Crippen molar-refractivity contribution in [2.75, 3.05) is 13.3 Å². The zero-order valence-electron chi connectivity index (χ0n) is 7.29. The van der Waals surface area contributed by atoms with Crippen LogP contribution in [0.4, 0.5) is 0 Å². The van der Waals surface area contributed by atoms with E-state index in [2.05, 4.69) is 19.6 Å². The van der Waals surface area contributed by atoms with E-state index in [1.165, 1.54) is 0 Å². The molecule has 0 atom stereocenters. The maximum atomic E-state index is 9.82. The summed E-state index contributed by atoms with van der Waals surface area (Å²) in [7, 11) is -1.08. The van der Waals surface area contributed by atoms with Crippen molar-refractivity contribution in [3.05, 3.63) is 10.1 Å². The highest BCUT2D eigenvalue weighted by Crippen LogP contribution is 2.07. The number of rotatable bonds is 5. The smallest absolute Gasteiger partial charge is 0.306 e. The zero-order valence-corrected chi connectivity index (χ0v) is 8.29. The molecule has 0 heterocycles. The second-order valence-corrected chi connectivity index (χ2v) is 9.30. The van der Waals surface area contributed by atoms with Gasteiger partial charge in [-0.1, -0.05) is 19.6 Å². The van der Waals surface area contributed by atoms with Crippen molar-refractivity contribution >= 4 is 8.07 Å². The van der Waals surface area contributed by atoms with E-state index in [-0.39, 0.29) is 6.73 Å². The molecule has 0 bridgehead atoms. The van der Waals surface area contributed by atoms with E-state index in [1.807, 2.05) is 0 Å². The van der Waals surface area contributed by atoms with Gasteiger partial charge in [0, 0.05) is 13.0 Å². The Morgan fingerprint density at radius 3 is 2.36 bits per heavy atom. The Morgan fingerprint density at radius 1 is 1.45 bits per heavy atom. The Balaban J connectivity index is 3.22. The van der Waals surface area contributed by atoms with Gasteiger partial charge in [0.25, 0.3) is 0 Å². The first-order valence-corrected chi connectivity index (χ1v) is 7.32. The molecule has 0 saturated heterocycles. The van der Waals surface area contributed by atoms with E-state index >= 15 is 0 Å². The Morgan fingerprint density at radius 2 is 2.00 bits per heavy atom. The Kier molecular flexibility index (Phi) is 4.28. The molecule has 0 aromatic carbocycles. The molecule has 0 aliphatic heterocycles. The van der Waals surface area contributed by atoms with Crippen LogP contribution in [-0.4, -0.2) is 26.3 Å². The fourth-order valence-corrected chi connectivity index (χ4v) is 1.27. The van der Waals surface area contributed by atoms with E-state index < -0.39 is 13.0 Å². The Labute approximate surface area is 67.7 Å². The predicted octanol–water partition coefficient (Wildman–Crippen LogP) is 1.58. The second-order valence-electron chi connectivity index (χ2n) is 3.68. The van der Waals surface area contributed by atoms with Gasteiger partial charge in [-0.25, -0.2) is 0 Å². The van der Waals surface area contributed by atoms with Crippen molar-refractivity contribution in [3.63, 3.8) is 0 Å². The third-order valence-electron chi connectivity index (χ3n) is 1.19. The number of nitrogens with zero attached hydrogens (tertiary/aromatic N) is 1. The lowest BCUT2D eigenvalue weighted by Gasteiger charge is -2.13. The van der Waals surface area contributed by atoms with Gasteiger partial charge in [0.1, 0.15) is 0 Å². The van der Waals surface area contributed by atoms with Crippen molar-refractivity contribution in [1.29, 1.82) is 0 Å². The Hall–Kier alpha value is -0.423. The minimum Gasteiger partial charge on any atom is -0.320 e. The number of nitro groups is 1. The summed E-state index contributed by atoms with van der Waals surface area (Å²) < 4.78 is 4.81. The summed E-state index contributed by atoms with van der Waals surface area (Å²) in [6.07, 6.45) is 0. The molecule has 0 aromatic rings. The van der Waals surface area contributed by atoms with Gasteiger partial charge < -0.3 is 4.74 Å². The van der Waals surface area contributed by atoms with Crippen LogP contribution in [0.1, 0.15) is 0 Å². The molecule has 5 heteroatoms. The molecule has 0 spiro atoms. The minimum atomic E-state index is -1.08. The molecule has 66 valence electrons. The molecular formula is C6H15NO3Si. The van der Waals surface area contributed by atoms with E-state index in [4.69, 9.17) is 4.74 Å². The van der Waals surface area contributed by atoms with Gasteiger partial charge in [-0.15, -0.1) is 0 Å². The molecule has 0 aromatic heterocycles. The summed E-state index contributed by atoms with van der Waals surface area (Å²) >= 11 is 0. The lowest BCUT2D eigenvalue weighted by Crippen LogP contribution is -2.22. The number of hydrogen-bond acceptors (Lipinski definition) is 3. The van der Waals surface area contributed by atoms with Crippen LogP contribution in [0, 0.1) is 10.1 Å². The van der Waals surface area contributed by atoms with Crippen LogP contribution in [-0.2, 0) is 4.74 Å². The fourth-order valence-electron chi connectivity index (χ4n) is 0.517. The van der Waals surface area contributed by atoms with E-state index in [0.717, 1.165) is 6.04 Å². The highest BCUT2D eigenvalue weighted by atomic mass is 28.3. The van der Waals surface area contributed by atoms with E-state index in [0.29, 0.717) is 6.61 Å². The van der Waals surface area contributed by atoms with Crippen molar-refractivity contribution in [2.24, 2.45) is 0 Å². The lowest BCUT2D eigenvalue weighted by molar-refractivity contribution is -0.525. The van der Waals surface area contributed by atoms with Crippen LogP contribution in [0.2, 0.25) is 25.7 Å².